The van der Waals surface area contributed by atoms with Gasteiger partial charge in [0, 0.05) is 6.04 Å². The number of aryl methyl sites for hydroxylation is 3. The largest absolute Gasteiger partial charge is 0.328 e. The molecule has 0 radical (unpaired) electrons. The first-order valence-electron chi connectivity index (χ1n) is 5.94. The number of benzene rings is 1. The molecule has 1 atom stereocenters. The zero-order valence-corrected chi connectivity index (χ0v) is 10.2. The Morgan fingerprint density at radius 1 is 1.13 bits per heavy atom. The Bertz CT molecular complexity index is 284. The quantitative estimate of drug-likeness (QED) is 0.783. The number of rotatable bonds is 5. The zero-order chi connectivity index (χ0) is 11.3. The summed E-state index contributed by atoms with van der Waals surface area (Å²) < 4.78 is 0. The Morgan fingerprint density at radius 2 is 1.73 bits per heavy atom. The summed E-state index contributed by atoms with van der Waals surface area (Å²) in [5, 5.41) is 0. The van der Waals surface area contributed by atoms with Gasteiger partial charge in [-0.3, -0.25) is 0 Å². The summed E-state index contributed by atoms with van der Waals surface area (Å²) in [4.78, 5) is 0. The molecule has 0 saturated heterocycles. The highest BCUT2D eigenvalue weighted by molar-refractivity contribution is 5.28. The van der Waals surface area contributed by atoms with E-state index in [-0.39, 0.29) is 0 Å². The van der Waals surface area contributed by atoms with Crippen molar-refractivity contribution in [2.24, 2.45) is 5.73 Å². The van der Waals surface area contributed by atoms with Crippen LogP contribution in [0.25, 0.3) is 0 Å². The summed E-state index contributed by atoms with van der Waals surface area (Å²) in [5.41, 5.74) is 10.1. The number of nitrogens with two attached hydrogens (primary N) is 1. The second kappa shape index (κ2) is 5.92. The smallest absolute Gasteiger partial charge is 0.00363 e. The van der Waals surface area contributed by atoms with E-state index in [1.807, 2.05) is 0 Å². The average Bonchev–Trinajstić information content (AvgIpc) is 2.16. The average molecular weight is 205 g/mol. The second-order valence-electron chi connectivity index (χ2n) is 4.56. The molecule has 1 unspecified atom stereocenters. The Morgan fingerprint density at radius 3 is 2.27 bits per heavy atom. The van der Waals surface area contributed by atoms with Crippen LogP contribution in [0, 0.1) is 13.8 Å². The highest BCUT2D eigenvalue weighted by Crippen LogP contribution is 2.12. The highest BCUT2D eigenvalue weighted by Gasteiger charge is 2.00. The fourth-order valence-electron chi connectivity index (χ4n) is 1.99. The van der Waals surface area contributed by atoms with Gasteiger partial charge in [0.15, 0.2) is 0 Å². The lowest BCUT2D eigenvalue weighted by atomic mass is 10.0. The maximum Gasteiger partial charge on any atom is 0.00363 e. The van der Waals surface area contributed by atoms with Gasteiger partial charge >= 0.3 is 0 Å². The van der Waals surface area contributed by atoms with Gasteiger partial charge in [-0.1, -0.05) is 36.2 Å². The number of hydrogen-bond donors (Lipinski definition) is 1. The monoisotopic (exact) mass is 205 g/mol. The fourth-order valence-corrected chi connectivity index (χ4v) is 1.99. The summed E-state index contributed by atoms with van der Waals surface area (Å²) in [7, 11) is 0. The van der Waals surface area contributed by atoms with Crippen LogP contribution in [0.1, 0.15) is 42.9 Å². The van der Waals surface area contributed by atoms with E-state index in [0.717, 1.165) is 19.3 Å². The topological polar surface area (TPSA) is 26.0 Å². The van der Waals surface area contributed by atoms with E-state index in [4.69, 9.17) is 5.73 Å². The Hall–Kier alpha value is -0.820. The first-order chi connectivity index (χ1) is 7.11. The van der Waals surface area contributed by atoms with Crippen LogP contribution < -0.4 is 5.73 Å². The van der Waals surface area contributed by atoms with E-state index >= 15 is 0 Å². The summed E-state index contributed by atoms with van der Waals surface area (Å²) in [6.45, 7) is 6.48. The molecule has 0 aliphatic rings. The van der Waals surface area contributed by atoms with Crippen molar-refractivity contribution in [3.05, 3.63) is 34.9 Å². The molecule has 0 fully saturated rings. The summed E-state index contributed by atoms with van der Waals surface area (Å²) in [5.74, 6) is 0. The van der Waals surface area contributed by atoms with E-state index in [1.54, 1.807) is 0 Å². The van der Waals surface area contributed by atoms with Crippen molar-refractivity contribution in [1.82, 2.24) is 0 Å². The third kappa shape index (κ3) is 4.48. The predicted molar refractivity (Wildman–Crippen MR) is 67.1 cm³/mol. The standard InChI is InChI=1S/C14H23N/c1-4-14(15)7-5-6-13-9-11(2)8-12(3)10-13/h8-10,14H,4-7,15H2,1-3H3. The van der Waals surface area contributed by atoms with E-state index in [0.29, 0.717) is 6.04 Å². The Kier molecular flexibility index (Phi) is 4.83. The Labute approximate surface area is 93.7 Å². The SMILES string of the molecule is CCC(N)CCCc1cc(C)cc(C)c1. The van der Waals surface area contributed by atoms with Gasteiger partial charge in [-0.2, -0.15) is 0 Å². The van der Waals surface area contributed by atoms with Gasteiger partial charge in [-0.25, -0.2) is 0 Å². The second-order valence-corrected chi connectivity index (χ2v) is 4.56. The van der Waals surface area contributed by atoms with Crippen LogP contribution in [-0.4, -0.2) is 6.04 Å². The summed E-state index contributed by atoms with van der Waals surface area (Å²) in [6, 6.07) is 7.17. The van der Waals surface area contributed by atoms with Crippen LogP contribution in [0.5, 0.6) is 0 Å². The predicted octanol–water partition coefficient (Wildman–Crippen LogP) is 3.36. The van der Waals surface area contributed by atoms with E-state index in [9.17, 15) is 0 Å². The molecule has 1 nitrogen and oxygen atoms in total. The first-order valence-corrected chi connectivity index (χ1v) is 5.94. The zero-order valence-electron chi connectivity index (χ0n) is 10.2. The minimum Gasteiger partial charge on any atom is -0.328 e. The van der Waals surface area contributed by atoms with Crippen molar-refractivity contribution < 1.29 is 0 Å². The minimum atomic E-state index is 0.385. The molecular formula is C14H23N. The third-order valence-corrected chi connectivity index (χ3v) is 2.85. The van der Waals surface area contributed by atoms with Crippen molar-refractivity contribution in [3.8, 4) is 0 Å². The number of hydrogen-bond acceptors (Lipinski definition) is 1. The van der Waals surface area contributed by atoms with E-state index < -0.39 is 0 Å². The van der Waals surface area contributed by atoms with Crippen LogP contribution in [0.4, 0.5) is 0 Å². The molecule has 0 aromatic heterocycles. The highest BCUT2D eigenvalue weighted by atomic mass is 14.6. The molecule has 0 amide bonds. The van der Waals surface area contributed by atoms with Crippen LogP contribution in [0.2, 0.25) is 0 Å². The maximum absolute atomic E-state index is 5.90. The van der Waals surface area contributed by atoms with E-state index in [2.05, 4.69) is 39.0 Å². The lowest BCUT2D eigenvalue weighted by Gasteiger charge is -2.09. The molecular weight excluding hydrogens is 182 g/mol. The molecule has 0 aliphatic carbocycles. The van der Waals surface area contributed by atoms with Gasteiger partial charge in [-0.05, 0) is 45.1 Å². The van der Waals surface area contributed by atoms with Gasteiger partial charge in [0.05, 0.1) is 0 Å². The molecule has 0 saturated carbocycles. The molecule has 0 aliphatic heterocycles. The van der Waals surface area contributed by atoms with Gasteiger partial charge in [0.2, 0.25) is 0 Å². The Balaban J connectivity index is 2.43. The lowest BCUT2D eigenvalue weighted by Crippen LogP contribution is -2.18. The summed E-state index contributed by atoms with van der Waals surface area (Å²) in [6.07, 6.45) is 4.60. The van der Waals surface area contributed by atoms with Gasteiger partial charge in [0.25, 0.3) is 0 Å². The first kappa shape index (κ1) is 12.3. The molecule has 0 spiro atoms. The fraction of sp³-hybridized carbons (Fsp3) is 0.571. The van der Waals surface area contributed by atoms with Crippen molar-refractivity contribution >= 4 is 0 Å². The molecule has 1 heteroatoms. The molecule has 0 heterocycles. The van der Waals surface area contributed by atoms with Crippen molar-refractivity contribution in [1.29, 1.82) is 0 Å². The van der Waals surface area contributed by atoms with Gasteiger partial charge in [-0.15, -0.1) is 0 Å². The van der Waals surface area contributed by atoms with Gasteiger partial charge < -0.3 is 5.73 Å². The lowest BCUT2D eigenvalue weighted by molar-refractivity contribution is 0.568. The molecule has 15 heavy (non-hydrogen) atoms. The third-order valence-electron chi connectivity index (χ3n) is 2.85. The van der Waals surface area contributed by atoms with Crippen LogP contribution in [0.3, 0.4) is 0 Å². The van der Waals surface area contributed by atoms with Crippen LogP contribution in [-0.2, 0) is 6.42 Å². The van der Waals surface area contributed by atoms with Crippen molar-refractivity contribution in [2.45, 2.75) is 52.5 Å². The molecule has 1 aromatic rings. The van der Waals surface area contributed by atoms with E-state index in [1.165, 1.54) is 23.1 Å². The van der Waals surface area contributed by atoms with Gasteiger partial charge in [0.1, 0.15) is 0 Å². The van der Waals surface area contributed by atoms with Crippen molar-refractivity contribution in [3.63, 3.8) is 0 Å². The summed E-state index contributed by atoms with van der Waals surface area (Å²) >= 11 is 0. The normalized spacial score (nSPS) is 12.8. The maximum atomic E-state index is 5.90. The molecule has 1 aromatic carbocycles. The van der Waals surface area contributed by atoms with Crippen molar-refractivity contribution in [2.75, 3.05) is 0 Å². The molecule has 0 bridgehead atoms. The molecule has 84 valence electrons. The van der Waals surface area contributed by atoms with Crippen LogP contribution in [0.15, 0.2) is 18.2 Å². The molecule has 1 rings (SSSR count). The molecule has 2 N–H and O–H groups in total. The van der Waals surface area contributed by atoms with Crippen LogP contribution >= 0.6 is 0 Å². The minimum absolute atomic E-state index is 0.385.